The first-order valence-corrected chi connectivity index (χ1v) is 5.61. The van der Waals surface area contributed by atoms with Crippen LogP contribution in [0.4, 0.5) is 0 Å². The molecule has 1 saturated heterocycles. The van der Waals surface area contributed by atoms with Crippen molar-refractivity contribution in [1.29, 1.82) is 0 Å². The molecule has 90 valence electrons. The highest BCUT2D eigenvalue weighted by molar-refractivity contribution is 5.01. The standard InChI is InChI=1S/C11H24N2O2/c1-7-13-9(3)10(4,14)12(6)8(2)11(13,5)15/h8-9,14-15H,7H2,1-6H3. The largest absolute Gasteiger partial charge is 0.374 e. The zero-order chi connectivity index (χ0) is 12.0. The minimum absolute atomic E-state index is 0.0984. The Morgan fingerprint density at radius 3 is 1.93 bits per heavy atom. The van der Waals surface area contributed by atoms with Gasteiger partial charge in [-0.1, -0.05) is 6.92 Å². The maximum absolute atomic E-state index is 10.4. The van der Waals surface area contributed by atoms with E-state index in [1.165, 1.54) is 0 Å². The Labute approximate surface area is 92.5 Å². The monoisotopic (exact) mass is 216 g/mol. The Balaban J connectivity index is 3.11. The van der Waals surface area contributed by atoms with Gasteiger partial charge < -0.3 is 10.2 Å². The molecule has 4 unspecified atom stereocenters. The van der Waals surface area contributed by atoms with Crippen LogP contribution in [0.5, 0.6) is 0 Å². The molecule has 0 amide bonds. The van der Waals surface area contributed by atoms with E-state index in [0.29, 0.717) is 0 Å². The van der Waals surface area contributed by atoms with Crippen LogP contribution in [-0.2, 0) is 0 Å². The zero-order valence-electron chi connectivity index (χ0n) is 10.7. The molecule has 4 heteroatoms. The van der Waals surface area contributed by atoms with Gasteiger partial charge in [0.15, 0.2) is 0 Å². The topological polar surface area (TPSA) is 46.9 Å². The summed E-state index contributed by atoms with van der Waals surface area (Å²) in [6.45, 7) is 10.2. The molecule has 1 rings (SSSR count). The van der Waals surface area contributed by atoms with Crippen molar-refractivity contribution in [2.24, 2.45) is 0 Å². The number of rotatable bonds is 1. The number of aliphatic hydroxyl groups is 2. The van der Waals surface area contributed by atoms with Crippen LogP contribution in [0.15, 0.2) is 0 Å². The molecule has 0 aromatic heterocycles. The van der Waals surface area contributed by atoms with Gasteiger partial charge in [-0.15, -0.1) is 0 Å². The lowest BCUT2D eigenvalue weighted by molar-refractivity contribution is -0.278. The van der Waals surface area contributed by atoms with E-state index in [-0.39, 0.29) is 12.1 Å². The molecular formula is C11H24N2O2. The van der Waals surface area contributed by atoms with Crippen LogP contribution in [0.1, 0.15) is 34.6 Å². The van der Waals surface area contributed by atoms with Crippen LogP contribution >= 0.6 is 0 Å². The summed E-state index contributed by atoms with van der Waals surface area (Å²) in [6, 6.07) is -0.206. The maximum atomic E-state index is 10.4. The predicted octanol–water partition coefficient (Wildman–Crippen LogP) is 0.448. The Bertz CT molecular complexity index is 241. The molecule has 15 heavy (non-hydrogen) atoms. The first kappa shape index (κ1) is 12.9. The van der Waals surface area contributed by atoms with Gasteiger partial charge in [-0.3, -0.25) is 9.80 Å². The molecule has 1 heterocycles. The van der Waals surface area contributed by atoms with Gasteiger partial charge in [0.25, 0.3) is 0 Å². The van der Waals surface area contributed by atoms with Crippen molar-refractivity contribution in [2.75, 3.05) is 13.6 Å². The third-order valence-corrected chi connectivity index (χ3v) is 4.27. The highest BCUT2D eigenvalue weighted by atomic mass is 16.3. The molecule has 0 aromatic carbocycles. The highest BCUT2D eigenvalue weighted by Gasteiger charge is 2.53. The van der Waals surface area contributed by atoms with Crippen LogP contribution in [0.25, 0.3) is 0 Å². The number of hydrogen-bond donors (Lipinski definition) is 2. The molecule has 4 atom stereocenters. The van der Waals surface area contributed by atoms with E-state index in [9.17, 15) is 10.2 Å². The van der Waals surface area contributed by atoms with E-state index < -0.39 is 11.4 Å². The summed E-state index contributed by atoms with van der Waals surface area (Å²) < 4.78 is 0. The second-order valence-corrected chi connectivity index (χ2v) is 4.94. The molecule has 0 spiro atoms. The molecule has 0 aromatic rings. The lowest BCUT2D eigenvalue weighted by atomic mass is 9.90. The van der Waals surface area contributed by atoms with Gasteiger partial charge in [0, 0.05) is 0 Å². The average Bonchev–Trinajstić information content (AvgIpc) is 2.14. The number of hydrogen-bond acceptors (Lipinski definition) is 4. The quantitative estimate of drug-likeness (QED) is 0.668. The third-order valence-electron chi connectivity index (χ3n) is 4.27. The summed E-state index contributed by atoms with van der Waals surface area (Å²) in [4.78, 5) is 3.78. The van der Waals surface area contributed by atoms with Crippen molar-refractivity contribution in [3.8, 4) is 0 Å². The summed E-state index contributed by atoms with van der Waals surface area (Å²) in [5.41, 5.74) is -1.80. The van der Waals surface area contributed by atoms with Gasteiger partial charge in [0.2, 0.25) is 0 Å². The van der Waals surface area contributed by atoms with E-state index >= 15 is 0 Å². The lowest BCUT2D eigenvalue weighted by Crippen LogP contribution is -2.76. The van der Waals surface area contributed by atoms with E-state index in [1.54, 1.807) is 6.92 Å². The first-order valence-electron chi connectivity index (χ1n) is 5.61. The summed E-state index contributed by atoms with van der Waals surface area (Å²) in [5, 5.41) is 20.8. The van der Waals surface area contributed by atoms with E-state index in [1.807, 2.05) is 44.5 Å². The average molecular weight is 216 g/mol. The molecular weight excluding hydrogens is 192 g/mol. The number of likely N-dealkylation sites (N-methyl/N-ethyl adjacent to an activating group) is 2. The summed E-state index contributed by atoms with van der Waals surface area (Å²) in [5.74, 6) is 0. The normalized spacial score (nSPS) is 49.6. The first-order chi connectivity index (χ1) is 6.67. The van der Waals surface area contributed by atoms with Crippen LogP contribution in [-0.4, -0.2) is 57.1 Å². The molecule has 1 aliphatic rings. The van der Waals surface area contributed by atoms with Crippen molar-refractivity contribution in [1.82, 2.24) is 9.80 Å². The SMILES string of the molecule is CCN1C(C)C(C)(O)N(C)C(C)C1(C)O. The van der Waals surface area contributed by atoms with Gasteiger partial charge in [0.1, 0.15) is 11.4 Å². The minimum Gasteiger partial charge on any atom is -0.374 e. The van der Waals surface area contributed by atoms with E-state index in [2.05, 4.69) is 0 Å². The van der Waals surface area contributed by atoms with Crippen LogP contribution in [0.3, 0.4) is 0 Å². The fraction of sp³-hybridized carbons (Fsp3) is 1.00. The number of piperazine rings is 1. The second-order valence-electron chi connectivity index (χ2n) is 4.94. The van der Waals surface area contributed by atoms with Crippen LogP contribution < -0.4 is 0 Å². The number of nitrogens with zero attached hydrogens (tertiary/aromatic N) is 2. The zero-order valence-corrected chi connectivity index (χ0v) is 10.7. The molecule has 0 bridgehead atoms. The van der Waals surface area contributed by atoms with Gasteiger partial charge in [0.05, 0.1) is 12.1 Å². The smallest absolute Gasteiger partial charge is 0.131 e. The van der Waals surface area contributed by atoms with Crippen molar-refractivity contribution in [2.45, 2.75) is 58.2 Å². The molecule has 4 nitrogen and oxygen atoms in total. The lowest BCUT2D eigenvalue weighted by Gasteiger charge is -2.59. The Hall–Kier alpha value is -0.160. The molecule has 1 aliphatic heterocycles. The molecule has 0 saturated carbocycles. The summed E-state index contributed by atoms with van der Waals surface area (Å²) in [7, 11) is 1.85. The summed E-state index contributed by atoms with van der Waals surface area (Å²) in [6.07, 6.45) is 0. The van der Waals surface area contributed by atoms with Gasteiger partial charge in [-0.2, -0.15) is 0 Å². The van der Waals surface area contributed by atoms with Gasteiger partial charge in [-0.25, -0.2) is 0 Å². The minimum atomic E-state index is -0.905. The second kappa shape index (κ2) is 3.70. The van der Waals surface area contributed by atoms with Crippen molar-refractivity contribution >= 4 is 0 Å². The van der Waals surface area contributed by atoms with Crippen molar-refractivity contribution in [3.05, 3.63) is 0 Å². The third kappa shape index (κ3) is 1.69. The van der Waals surface area contributed by atoms with Crippen molar-refractivity contribution < 1.29 is 10.2 Å². The van der Waals surface area contributed by atoms with Crippen molar-refractivity contribution in [3.63, 3.8) is 0 Å². The fourth-order valence-electron chi connectivity index (χ4n) is 2.57. The molecule has 2 N–H and O–H groups in total. The predicted molar refractivity (Wildman–Crippen MR) is 60.3 cm³/mol. The summed E-state index contributed by atoms with van der Waals surface area (Å²) >= 11 is 0. The van der Waals surface area contributed by atoms with Crippen LogP contribution in [0, 0.1) is 0 Å². The molecule has 0 aliphatic carbocycles. The van der Waals surface area contributed by atoms with Gasteiger partial charge >= 0.3 is 0 Å². The fourth-order valence-corrected chi connectivity index (χ4v) is 2.57. The van der Waals surface area contributed by atoms with E-state index in [0.717, 1.165) is 6.54 Å². The highest BCUT2D eigenvalue weighted by Crippen LogP contribution is 2.36. The Morgan fingerprint density at radius 2 is 1.53 bits per heavy atom. The van der Waals surface area contributed by atoms with Crippen LogP contribution in [0.2, 0.25) is 0 Å². The Kier molecular flexibility index (Phi) is 3.18. The van der Waals surface area contributed by atoms with E-state index in [4.69, 9.17) is 0 Å². The maximum Gasteiger partial charge on any atom is 0.131 e. The molecule has 0 radical (unpaired) electrons. The molecule has 1 fully saturated rings. The van der Waals surface area contributed by atoms with Gasteiger partial charge in [-0.05, 0) is 41.3 Å². The Morgan fingerprint density at radius 1 is 1.07 bits per heavy atom.